The monoisotopic (exact) mass is 187 g/mol. The average molecular weight is 187 g/mol. The summed E-state index contributed by atoms with van der Waals surface area (Å²) < 4.78 is 0. The maximum absolute atomic E-state index is 11.2. The molecular formula is C12H13NO. The molecule has 1 aliphatic heterocycles. The highest BCUT2D eigenvalue weighted by Crippen LogP contribution is 2.42. The fourth-order valence-electron chi connectivity index (χ4n) is 2.68. The van der Waals surface area contributed by atoms with Crippen molar-refractivity contribution < 1.29 is 4.79 Å². The molecule has 3 atom stereocenters. The lowest BCUT2D eigenvalue weighted by Gasteiger charge is -2.30. The zero-order valence-electron chi connectivity index (χ0n) is 7.94. The lowest BCUT2D eigenvalue weighted by molar-refractivity contribution is -0.133. The minimum absolute atomic E-state index is 0.258. The number of carbonyl (C=O) groups excluding carboxylic acids is 1. The summed E-state index contributed by atoms with van der Waals surface area (Å²) in [4.78, 5) is 11.2. The molecule has 1 aromatic rings. The molecule has 3 unspecified atom stereocenters. The smallest absolute Gasteiger partial charge is 0.225 e. The summed E-state index contributed by atoms with van der Waals surface area (Å²) in [5.41, 5.74) is 1.39. The number of hydrogen-bond acceptors (Lipinski definition) is 1. The first-order valence-electron chi connectivity index (χ1n) is 5.20. The lowest BCUT2D eigenvalue weighted by Crippen LogP contribution is -2.54. The second kappa shape index (κ2) is 2.84. The van der Waals surface area contributed by atoms with E-state index in [1.165, 1.54) is 5.56 Å². The zero-order valence-corrected chi connectivity index (χ0v) is 7.94. The van der Waals surface area contributed by atoms with Crippen LogP contribution in [0.25, 0.3) is 0 Å². The predicted molar refractivity (Wildman–Crippen MR) is 53.8 cm³/mol. The molecule has 2 heteroatoms. The van der Waals surface area contributed by atoms with Crippen molar-refractivity contribution in [2.45, 2.75) is 24.8 Å². The topological polar surface area (TPSA) is 29.1 Å². The first-order valence-corrected chi connectivity index (χ1v) is 5.20. The van der Waals surface area contributed by atoms with Crippen LogP contribution in [0.5, 0.6) is 0 Å². The van der Waals surface area contributed by atoms with Gasteiger partial charge in [0.2, 0.25) is 5.91 Å². The summed E-state index contributed by atoms with van der Waals surface area (Å²) in [6.45, 7) is 0. The van der Waals surface area contributed by atoms with Gasteiger partial charge in [-0.05, 0) is 24.3 Å². The Morgan fingerprint density at radius 2 is 1.93 bits per heavy atom. The highest BCUT2D eigenvalue weighted by Gasteiger charge is 2.46. The predicted octanol–water partition coefficient (Wildman–Crippen LogP) is 1.68. The van der Waals surface area contributed by atoms with Crippen molar-refractivity contribution in [3.8, 4) is 0 Å². The van der Waals surface area contributed by atoms with Gasteiger partial charge < -0.3 is 5.32 Å². The van der Waals surface area contributed by atoms with E-state index in [4.69, 9.17) is 0 Å². The molecule has 2 nitrogen and oxygen atoms in total. The summed E-state index contributed by atoms with van der Waals surface area (Å²) in [6, 6.07) is 11.0. The molecule has 1 aromatic carbocycles. The van der Waals surface area contributed by atoms with Crippen LogP contribution < -0.4 is 5.32 Å². The molecule has 1 saturated carbocycles. The van der Waals surface area contributed by atoms with Crippen molar-refractivity contribution in [2.75, 3.05) is 0 Å². The SMILES string of the molecule is O=C1NC2CC(c3ccccc3)CC12. The van der Waals surface area contributed by atoms with Crippen molar-refractivity contribution in [2.24, 2.45) is 5.92 Å². The molecule has 2 aliphatic rings. The normalized spacial score (nSPS) is 34.6. The molecule has 1 N–H and O–H groups in total. The average Bonchev–Trinajstić information content (AvgIpc) is 2.57. The Kier molecular flexibility index (Phi) is 1.63. The Hall–Kier alpha value is -1.31. The Labute approximate surface area is 83.3 Å². The largest absolute Gasteiger partial charge is 0.352 e. The number of benzene rings is 1. The van der Waals surface area contributed by atoms with Gasteiger partial charge >= 0.3 is 0 Å². The Bertz CT molecular complexity index is 360. The van der Waals surface area contributed by atoms with Gasteiger partial charge in [-0.15, -0.1) is 0 Å². The number of nitrogens with one attached hydrogen (secondary N) is 1. The van der Waals surface area contributed by atoms with Gasteiger partial charge in [-0.3, -0.25) is 4.79 Å². The van der Waals surface area contributed by atoms with Gasteiger partial charge in [0.05, 0.1) is 5.92 Å². The van der Waals surface area contributed by atoms with E-state index in [1.54, 1.807) is 0 Å². The van der Waals surface area contributed by atoms with Gasteiger partial charge in [0.1, 0.15) is 0 Å². The van der Waals surface area contributed by atoms with Crippen LogP contribution in [0.15, 0.2) is 30.3 Å². The highest BCUT2D eigenvalue weighted by atomic mass is 16.2. The van der Waals surface area contributed by atoms with Gasteiger partial charge in [0, 0.05) is 6.04 Å². The molecule has 1 amide bonds. The molecule has 0 spiro atoms. The van der Waals surface area contributed by atoms with E-state index in [0.29, 0.717) is 17.9 Å². The van der Waals surface area contributed by atoms with E-state index >= 15 is 0 Å². The number of carbonyl (C=O) groups is 1. The van der Waals surface area contributed by atoms with Crippen LogP contribution in [-0.4, -0.2) is 11.9 Å². The standard InChI is InChI=1S/C12H13NO/c14-12-10-6-9(7-11(10)13-12)8-4-2-1-3-5-8/h1-5,9-11H,6-7H2,(H,13,14). The Morgan fingerprint density at radius 1 is 1.14 bits per heavy atom. The molecule has 3 rings (SSSR count). The maximum atomic E-state index is 11.2. The molecule has 1 saturated heterocycles. The van der Waals surface area contributed by atoms with E-state index in [2.05, 4.69) is 29.6 Å². The van der Waals surface area contributed by atoms with Crippen molar-refractivity contribution in [3.63, 3.8) is 0 Å². The number of hydrogen-bond donors (Lipinski definition) is 1. The molecule has 0 radical (unpaired) electrons. The Morgan fingerprint density at radius 3 is 2.57 bits per heavy atom. The third-order valence-corrected chi connectivity index (χ3v) is 3.50. The number of fused-ring (bicyclic) bond motifs is 1. The van der Waals surface area contributed by atoms with Crippen LogP contribution in [0.4, 0.5) is 0 Å². The van der Waals surface area contributed by atoms with Crippen molar-refractivity contribution in [1.29, 1.82) is 0 Å². The third-order valence-electron chi connectivity index (χ3n) is 3.50. The summed E-state index contributed by atoms with van der Waals surface area (Å²) in [5, 5.41) is 2.97. The fraction of sp³-hybridized carbons (Fsp3) is 0.417. The molecule has 1 heterocycles. The van der Waals surface area contributed by atoms with Gasteiger partial charge in [-0.2, -0.15) is 0 Å². The quantitative estimate of drug-likeness (QED) is 0.666. The second-order valence-corrected chi connectivity index (χ2v) is 4.30. The first kappa shape index (κ1) is 8.04. The van der Waals surface area contributed by atoms with Crippen molar-refractivity contribution in [1.82, 2.24) is 5.32 Å². The molecule has 0 bridgehead atoms. The molecule has 2 fully saturated rings. The van der Waals surface area contributed by atoms with Crippen LogP contribution in [0.1, 0.15) is 24.3 Å². The van der Waals surface area contributed by atoms with Gasteiger partial charge in [-0.1, -0.05) is 30.3 Å². The minimum Gasteiger partial charge on any atom is -0.352 e. The summed E-state index contributed by atoms with van der Waals surface area (Å²) in [6.07, 6.45) is 2.17. The second-order valence-electron chi connectivity index (χ2n) is 4.30. The van der Waals surface area contributed by atoms with Gasteiger partial charge in [0.25, 0.3) is 0 Å². The van der Waals surface area contributed by atoms with Crippen molar-refractivity contribution >= 4 is 5.91 Å². The Balaban J connectivity index is 1.80. The zero-order chi connectivity index (χ0) is 9.54. The number of β-lactam (4-membered cyclic amide) rings is 1. The molecule has 72 valence electrons. The molecular weight excluding hydrogens is 174 g/mol. The molecule has 1 aliphatic carbocycles. The van der Waals surface area contributed by atoms with Crippen LogP contribution in [0, 0.1) is 5.92 Å². The lowest BCUT2D eigenvalue weighted by atomic mass is 9.94. The molecule has 0 aromatic heterocycles. The summed E-state index contributed by atoms with van der Waals surface area (Å²) >= 11 is 0. The number of rotatable bonds is 1. The van der Waals surface area contributed by atoms with Gasteiger partial charge in [0.15, 0.2) is 0 Å². The first-order chi connectivity index (χ1) is 6.84. The minimum atomic E-state index is 0.258. The number of amides is 1. The van der Waals surface area contributed by atoms with Gasteiger partial charge in [-0.25, -0.2) is 0 Å². The fourth-order valence-corrected chi connectivity index (χ4v) is 2.68. The van der Waals surface area contributed by atoms with Crippen molar-refractivity contribution in [3.05, 3.63) is 35.9 Å². The van der Waals surface area contributed by atoms with Crippen LogP contribution in [0.2, 0.25) is 0 Å². The molecule has 14 heavy (non-hydrogen) atoms. The van der Waals surface area contributed by atoms with E-state index < -0.39 is 0 Å². The summed E-state index contributed by atoms with van der Waals surface area (Å²) in [5.74, 6) is 1.15. The van der Waals surface area contributed by atoms with E-state index in [-0.39, 0.29) is 5.91 Å². The van der Waals surface area contributed by atoms with E-state index in [1.807, 2.05) is 6.07 Å². The third kappa shape index (κ3) is 1.07. The van der Waals surface area contributed by atoms with E-state index in [0.717, 1.165) is 12.8 Å². The van der Waals surface area contributed by atoms with E-state index in [9.17, 15) is 4.79 Å². The van der Waals surface area contributed by atoms with Crippen LogP contribution in [-0.2, 0) is 4.79 Å². The van der Waals surface area contributed by atoms with Crippen LogP contribution >= 0.6 is 0 Å². The van der Waals surface area contributed by atoms with Crippen LogP contribution in [0.3, 0.4) is 0 Å². The summed E-state index contributed by atoms with van der Waals surface area (Å²) in [7, 11) is 0. The highest BCUT2D eigenvalue weighted by molar-refractivity contribution is 5.86. The maximum Gasteiger partial charge on any atom is 0.225 e.